The minimum absolute atomic E-state index is 0.172. The third kappa shape index (κ3) is 2.11. The van der Waals surface area contributed by atoms with Crippen LogP contribution in [0.1, 0.15) is 29.5 Å². The highest BCUT2D eigenvalue weighted by Crippen LogP contribution is 2.52. The van der Waals surface area contributed by atoms with Crippen LogP contribution < -0.4 is 14.8 Å². The summed E-state index contributed by atoms with van der Waals surface area (Å²) in [6.07, 6.45) is 5.55. The smallest absolute Gasteiger partial charge is 0.231 e. The van der Waals surface area contributed by atoms with E-state index in [4.69, 9.17) is 32.7 Å². The van der Waals surface area contributed by atoms with E-state index in [9.17, 15) is 0 Å². The third-order valence-electron chi connectivity index (χ3n) is 5.14. The maximum Gasteiger partial charge on any atom is 0.231 e. The minimum atomic E-state index is 0.172. The number of anilines is 1. The highest BCUT2D eigenvalue weighted by atomic mass is 35.5. The van der Waals surface area contributed by atoms with Crippen molar-refractivity contribution in [2.24, 2.45) is 5.92 Å². The molecule has 0 fully saturated rings. The van der Waals surface area contributed by atoms with Gasteiger partial charge in [0.25, 0.3) is 0 Å². The molecule has 2 aromatic rings. The number of rotatable bonds is 1. The number of fused-ring (bicyclic) bond motifs is 4. The maximum absolute atomic E-state index is 6.47. The van der Waals surface area contributed by atoms with Crippen molar-refractivity contribution >= 4 is 28.9 Å². The molecule has 3 aliphatic rings. The summed E-state index contributed by atoms with van der Waals surface area (Å²) in [5.74, 6) is 2.38. The van der Waals surface area contributed by atoms with Crippen molar-refractivity contribution in [3.63, 3.8) is 0 Å². The van der Waals surface area contributed by atoms with Gasteiger partial charge in [-0.2, -0.15) is 0 Å². The Balaban J connectivity index is 1.61. The maximum atomic E-state index is 6.47. The van der Waals surface area contributed by atoms with Gasteiger partial charge >= 0.3 is 0 Å². The molecule has 122 valence electrons. The van der Waals surface area contributed by atoms with Gasteiger partial charge in [0.15, 0.2) is 11.5 Å². The lowest BCUT2D eigenvalue weighted by molar-refractivity contribution is 0.174. The van der Waals surface area contributed by atoms with Gasteiger partial charge < -0.3 is 14.8 Å². The Morgan fingerprint density at radius 2 is 1.92 bits per heavy atom. The van der Waals surface area contributed by atoms with Gasteiger partial charge in [0.1, 0.15) is 0 Å². The fourth-order valence-corrected chi connectivity index (χ4v) is 4.62. The van der Waals surface area contributed by atoms with Crippen molar-refractivity contribution < 1.29 is 9.47 Å². The normalized spacial score (nSPS) is 26.0. The van der Waals surface area contributed by atoms with Gasteiger partial charge in [-0.3, -0.25) is 0 Å². The molecule has 3 atom stereocenters. The zero-order valence-corrected chi connectivity index (χ0v) is 14.3. The molecule has 5 heteroatoms. The zero-order chi connectivity index (χ0) is 16.3. The van der Waals surface area contributed by atoms with Crippen molar-refractivity contribution in [3.05, 3.63) is 63.7 Å². The van der Waals surface area contributed by atoms with Crippen LogP contribution in [0.25, 0.3) is 0 Å². The van der Waals surface area contributed by atoms with E-state index in [1.165, 1.54) is 11.1 Å². The van der Waals surface area contributed by atoms with E-state index in [-0.39, 0.29) is 12.8 Å². The van der Waals surface area contributed by atoms with Gasteiger partial charge in [-0.15, -0.1) is 0 Å². The Kier molecular flexibility index (Phi) is 3.22. The molecule has 0 saturated heterocycles. The first-order valence-corrected chi connectivity index (χ1v) is 8.78. The summed E-state index contributed by atoms with van der Waals surface area (Å²) in [4.78, 5) is 0. The Labute approximate surface area is 150 Å². The molecule has 2 aromatic carbocycles. The van der Waals surface area contributed by atoms with Crippen LogP contribution in [0.5, 0.6) is 11.5 Å². The molecule has 0 amide bonds. The van der Waals surface area contributed by atoms with E-state index >= 15 is 0 Å². The predicted octanol–water partition coefficient (Wildman–Crippen LogP) is 5.55. The highest BCUT2D eigenvalue weighted by molar-refractivity contribution is 6.36. The molecule has 24 heavy (non-hydrogen) atoms. The average Bonchev–Trinajstić information content (AvgIpc) is 3.22. The van der Waals surface area contributed by atoms with Gasteiger partial charge in [-0.1, -0.05) is 41.4 Å². The molecule has 0 bridgehead atoms. The van der Waals surface area contributed by atoms with Crippen LogP contribution in [0.15, 0.2) is 42.5 Å². The SMILES string of the molecule is Clc1cc(Cl)c2c(c1)[C@@H]1C=CC[C@@H]1[C@H](c1ccc3c(c1)OCO3)N2. The van der Waals surface area contributed by atoms with Gasteiger partial charge in [-0.05, 0) is 47.7 Å². The van der Waals surface area contributed by atoms with Gasteiger partial charge in [-0.25, -0.2) is 0 Å². The lowest BCUT2D eigenvalue weighted by atomic mass is 9.77. The van der Waals surface area contributed by atoms with Crippen LogP contribution in [0.4, 0.5) is 5.69 Å². The number of ether oxygens (including phenoxy) is 2. The molecule has 2 heterocycles. The molecular formula is C19H15Cl2NO2. The topological polar surface area (TPSA) is 30.5 Å². The second kappa shape index (κ2) is 5.33. The van der Waals surface area contributed by atoms with Crippen molar-refractivity contribution in [1.82, 2.24) is 0 Å². The summed E-state index contributed by atoms with van der Waals surface area (Å²) in [5.41, 5.74) is 3.36. The van der Waals surface area contributed by atoms with Gasteiger partial charge in [0.2, 0.25) is 6.79 Å². The monoisotopic (exact) mass is 359 g/mol. The predicted molar refractivity (Wildman–Crippen MR) is 95.4 cm³/mol. The molecule has 0 radical (unpaired) electrons. The fraction of sp³-hybridized carbons (Fsp3) is 0.263. The quantitative estimate of drug-likeness (QED) is 0.677. The summed E-state index contributed by atoms with van der Waals surface area (Å²) in [5, 5.41) is 4.99. The molecule has 0 unspecified atom stereocenters. The summed E-state index contributed by atoms with van der Waals surface area (Å²) >= 11 is 12.7. The standard InChI is InChI=1S/C19H15Cl2NO2/c20-11-7-14-12-2-1-3-13(12)18(22-19(14)15(21)8-11)10-4-5-16-17(6-10)24-9-23-16/h1-2,4-8,12-13,18,22H,3,9H2/t12-,13+,18+/m1/s1. The van der Waals surface area contributed by atoms with E-state index in [1.54, 1.807) is 6.07 Å². The Morgan fingerprint density at radius 1 is 1.04 bits per heavy atom. The summed E-state index contributed by atoms with van der Waals surface area (Å²) in [6, 6.07) is 10.2. The first kappa shape index (κ1) is 14.5. The largest absolute Gasteiger partial charge is 0.454 e. The van der Waals surface area contributed by atoms with E-state index in [0.717, 1.165) is 23.6 Å². The summed E-state index contributed by atoms with van der Waals surface area (Å²) in [7, 11) is 0. The van der Waals surface area contributed by atoms with Crippen LogP contribution >= 0.6 is 23.2 Å². The number of halogens is 2. The first-order valence-electron chi connectivity index (χ1n) is 8.02. The first-order chi connectivity index (χ1) is 11.7. The van der Waals surface area contributed by atoms with Crippen molar-refractivity contribution in [2.75, 3.05) is 12.1 Å². The van der Waals surface area contributed by atoms with Crippen LogP contribution in [-0.2, 0) is 0 Å². The third-order valence-corrected chi connectivity index (χ3v) is 5.66. The van der Waals surface area contributed by atoms with E-state index in [0.29, 0.717) is 21.9 Å². The molecule has 1 N–H and O–H groups in total. The molecule has 0 saturated carbocycles. The van der Waals surface area contributed by atoms with E-state index in [2.05, 4.69) is 29.6 Å². The van der Waals surface area contributed by atoms with Crippen LogP contribution in [0.2, 0.25) is 10.0 Å². The van der Waals surface area contributed by atoms with Crippen LogP contribution in [0, 0.1) is 5.92 Å². The van der Waals surface area contributed by atoms with Crippen LogP contribution in [0.3, 0.4) is 0 Å². The molecular weight excluding hydrogens is 345 g/mol. The molecule has 1 aliphatic carbocycles. The lowest BCUT2D eigenvalue weighted by Gasteiger charge is -2.38. The second-order valence-corrected chi connectivity index (χ2v) is 7.28. The fourth-order valence-electron chi connectivity index (χ4n) is 4.06. The number of allylic oxidation sites excluding steroid dienone is 2. The number of hydrogen-bond donors (Lipinski definition) is 1. The summed E-state index contributed by atoms with van der Waals surface area (Å²) < 4.78 is 11.0. The number of hydrogen-bond acceptors (Lipinski definition) is 3. The molecule has 3 nitrogen and oxygen atoms in total. The molecule has 2 aliphatic heterocycles. The van der Waals surface area contributed by atoms with E-state index in [1.807, 2.05) is 12.1 Å². The van der Waals surface area contributed by atoms with Gasteiger partial charge in [0, 0.05) is 10.9 Å². The lowest BCUT2D eigenvalue weighted by Crippen LogP contribution is -2.29. The number of benzene rings is 2. The second-order valence-electron chi connectivity index (χ2n) is 6.44. The van der Waals surface area contributed by atoms with Crippen LogP contribution in [-0.4, -0.2) is 6.79 Å². The van der Waals surface area contributed by atoms with Crippen molar-refractivity contribution in [2.45, 2.75) is 18.4 Å². The summed E-state index contributed by atoms with van der Waals surface area (Å²) in [6.45, 7) is 0.289. The highest BCUT2D eigenvalue weighted by Gasteiger charge is 2.39. The Bertz CT molecular complexity index is 865. The van der Waals surface area contributed by atoms with Crippen molar-refractivity contribution in [1.29, 1.82) is 0 Å². The number of nitrogens with one attached hydrogen (secondary N) is 1. The Morgan fingerprint density at radius 3 is 2.83 bits per heavy atom. The molecule has 0 spiro atoms. The van der Waals surface area contributed by atoms with Gasteiger partial charge in [0.05, 0.1) is 16.8 Å². The minimum Gasteiger partial charge on any atom is -0.454 e. The molecule has 0 aromatic heterocycles. The van der Waals surface area contributed by atoms with Crippen molar-refractivity contribution in [3.8, 4) is 11.5 Å². The Hall–Kier alpha value is -1.84. The zero-order valence-electron chi connectivity index (χ0n) is 12.8. The molecule has 5 rings (SSSR count). The average molecular weight is 360 g/mol. The van der Waals surface area contributed by atoms with E-state index < -0.39 is 0 Å².